The molecule has 2 heterocycles. The summed E-state index contributed by atoms with van der Waals surface area (Å²) in [6.45, 7) is 4.62. The molecule has 1 fully saturated rings. The number of hydrogen-bond donors (Lipinski definition) is 2. The first-order valence-corrected chi connectivity index (χ1v) is 13.6. The summed E-state index contributed by atoms with van der Waals surface area (Å²) in [7, 11) is 0. The van der Waals surface area contributed by atoms with E-state index in [4.69, 9.17) is 21.1 Å². The van der Waals surface area contributed by atoms with E-state index < -0.39 is 17.7 Å². The van der Waals surface area contributed by atoms with Gasteiger partial charge >= 0.3 is 5.91 Å². The highest BCUT2D eigenvalue weighted by Gasteiger charge is 2.48. The highest BCUT2D eigenvalue weighted by molar-refractivity contribution is 7.22. The summed E-state index contributed by atoms with van der Waals surface area (Å²) in [5.74, 6) is -1.30. The summed E-state index contributed by atoms with van der Waals surface area (Å²) in [6.07, 6.45) is 0.847. The van der Waals surface area contributed by atoms with Crippen molar-refractivity contribution in [3.63, 3.8) is 0 Å². The van der Waals surface area contributed by atoms with E-state index in [1.165, 1.54) is 22.3 Å². The predicted octanol–water partition coefficient (Wildman–Crippen LogP) is 6.47. The number of ketones is 1. The minimum absolute atomic E-state index is 0.0881. The first-order chi connectivity index (χ1) is 18.8. The van der Waals surface area contributed by atoms with Gasteiger partial charge in [0.1, 0.15) is 11.5 Å². The Labute approximate surface area is 233 Å². The van der Waals surface area contributed by atoms with Gasteiger partial charge in [0.2, 0.25) is 0 Å². The number of amides is 1. The lowest BCUT2D eigenvalue weighted by atomic mass is 9.95. The van der Waals surface area contributed by atoms with Crippen LogP contribution < -0.4 is 14.4 Å². The summed E-state index contributed by atoms with van der Waals surface area (Å²) in [4.78, 5) is 32.8. The molecule has 1 atom stereocenters. The maximum Gasteiger partial charge on any atom is 0.301 e. The number of carbonyl (C=O) groups is 2. The van der Waals surface area contributed by atoms with Gasteiger partial charge in [-0.25, -0.2) is 4.98 Å². The molecule has 0 aliphatic carbocycles. The van der Waals surface area contributed by atoms with E-state index in [1.54, 1.807) is 61.5 Å². The van der Waals surface area contributed by atoms with E-state index >= 15 is 0 Å². The molecule has 0 radical (unpaired) electrons. The molecule has 4 aromatic rings. The van der Waals surface area contributed by atoms with E-state index in [0.29, 0.717) is 40.6 Å². The number of halogens is 1. The Kier molecular flexibility index (Phi) is 7.45. The van der Waals surface area contributed by atoms with Crippen molar-refractivity contribution in [3.8, 4) is 17.2 Å². The molecule has 1 aliphatic rings. The number of carbonyl (C=O) groups excluding carboxylic acids is 2. The Morgan fingerprint density at radius 3 is 2.54 bits per heavy atom. The van der Waals surface area contributed by atoms with Crippen LogP contribution in [-0.4, -0.2) is 40.1 Å². The maximum absolute atomic E-state index is 13.5. The Morgan fingerprint density at radius 1 is 1.05 bits per heavy atom. The molecule has 1 amide bonds. The van der Waals surface area contributed by atoms with Crippen molar-refractivity contribution in [2.45, 2.75) is 26.3 Å². The third-order valence-electron chi connectivity index (χ3n) is 6.19. The van der Waals surface area contributed by atoms with E-state index in [-0.39, 0.29) is 28.0 Å². The number of nitrogens with zero attached hydrogens (tertiary/aromatic N) is 2. The summed E-state index contributed by atoms with van der Waals surface area (Å²) < 4.78 is 11.9. The molecule has 5 rings (SSSR count). The number of aromatic nitrogens is 1. The molecule has 10 heteroatoms. The van der Waals surface area contributed by atoms with Crippen molar-refractivity contribution in [3.05, 3.63) is 82.4 Å². The van der Waals surface area contributed by atoms with Crippen molar-refractivity contribution in [1.29, 1.82) is 0 Å². The minimum Gasteiger partial charge on any atom is -0.507 e. The van der Waals surface area contributed by atoms with Gasteiger partial charge in [0.15, 0.2) is 16.6 Å². The topological polar surface area (TPSA) is 109 Å². The van der Waals surface area contributed by atoms with Crippen LogP contribution in [0.5, 0.6) is 17.2 Å². The molecule has 8 nitrogen and oxygen atoms in total. The number of anilines is 1. The lowest BCUT2D eigenvalue weighted by Gasteiger charge is -2.23. The molecule has 200 valence electrons. The van der Waals surface area contributed by atoms with Crippen LogP contribution in [0.25, 0.3) is 16.0 Å². The quantitative estimate of drug-likeness (QED) is 0.143. The molecule has 39 heavy (non-hydrogen) atoms. The normalized spacial score (nSPS) is 16.7. The van der Waals surface area contributed by atoms with Gasteiger partial charge in [0, 0.05) is 10.6 Å². The molecule has 3 aromatic carbocycles. The summed E-state index contributed by atoms with van der Waals surface area (Å²) in [5.41, 5.74) is 1.31. The number of Topliss-reactive ketones (excluding diaryl/α,β-unsaturated/α-hetero) is 1. The van der Waals surface area contributed by atoms with Crippen molar-refractivity contribution in [2.75, 3.05) is 18.1 Å². The van der Waals surface area contributed by atoms with Crippen molar-refractivity contribution >= 4 is 55.7 Å². The number of ether oxygens (including phenoxy) is 2. The number of fused-ring (bicyclic) bond motifs is 1. The van der Waals surface area contributed by atoms with E-state index in [9.17, 15) is 19.8 Å². The van der Waals surface area contributed by atoms with E-state index in [2.05, 4.69) is 4.98 Å². The van der Waals surface area contributed by atoms with Crippen molar-refractivity contribution in [2.24, 2.45) is 0 Å². The van der Waals surface area contributed by atoms with Crippen LogP contribution in [0.4, 0.5) is 5.13 Å². The average Bonchev–Trinajstić information content (AvgIpc) is 3.46. The lowest BCUT2D eigenvalue weighted by Crippen LogP contribution is -2.29. The lowest BCUT2D eigenvalue weighted by molar-refractivity contribution is -0.132. The van der Waals surface area contributed by atoms with Crippen LogP contribution in [0.2, 0.25) is 5.02 Å². The molecule has 2 N–H and O–H groups in total. The zero-order valence-corrected chi connectivity index (χ0v) is 22.8. The first kappa shape index (κ1) is 26.5. The monoisotopic (exact) mass is 564 g/mol. The molecule has 0 saturated carbocycles. The van der Waals surface area contributed by atoms with E-state index in [1.807, 2.05) is 6.92 Å². The smallest absolute Gasteiger partial charge is 0.301 e. The van der Waals surface area contributed by atoms with Crippen LogP contribution in [0, 0.1) is 0 Å². The molecular formula is C29H25ClN2O6S. The number of aliphatic hydroxyl groups excluding tert-OH is 1. The van der Waals surface area contributed by atoms with Crippen LogP contribution >= 0.6 is 22.9 Å². The number of aliphatic hydroxyl groups is 1. The van der Waals surface area contributed by atoms with Crippen LogP contribution in [0.1, 0.15) is 37.4 Å². The fourth-order valence-corrected chi connectivity index (χ4v) is 5.66. The molecule has 1 aliphatic heterocycles. The standard InChI is InChI=1S/C29H25ClN2O6S/c1-3-13-38-19-9-5-16(6-10-19)26(34)24-25(17-7-12-21(33)22(14-17)37-4-2)32(28(36)27(24)35)29-31-20-11-8-18(30)15-23(20)39-29/h5-12,14-15,25,33-34H,3-4,13H2,1-2H3/b26-24+. The zero-order chi connectivity index (χ0) is 27.7. The molecule has 1 aromatic heterocycles. The number of rotatable bonds is 8. The second kappa shape index (κ2) is 11.0. The molecule has 0 bridgehead atoms. The highest BCUT2D eigenvalue weighted by atomic mass is 35.5. The third-order valence-corrected chi connectivity index (χ3v) is 7.44. The minimum atomic E-state index is -1.03. The SMILES string of the molecule is CCCOc1ccc(/C(O)=C2\C(=O)C(=O)N(c3nc4ccc(Cl)cc4s3)C2c2ccc(O)c(OCC)c2)cc1. The van der Waals surface area contributed by atoms with Crippen LogP contribution in [0.15, 0.2) is 66.2 Å². The van der Waals surface area contributed by atoms with Gasteiger partial charge in [-0.05, 0) is 73.5 Å². The Balaban J connectivity index is 1.67. The van der Waals surface area contributed by atoms with E-state index in [0.717, 1.165) is 11.1 Å². The first-order valence-electron chi connectivity index (χ1n) is 12.4. The third kappa shape index (κ3) is 5.03. The average molecular weight is 565 g/mol. The number of aromatic hydroxyl groups is 1. The summed E-state index contributed by atoms with van der Waals surface area (Å²) in [6, 6.07) is 15.4. The largest absolute Gasteiger partial charge is 0.507 e. The maximum atomic E-state index is 13.5. The Bertz CT molecular complexity index is 1600. The van der Waals surface area contributed by atoms with Gasteiger partial charge in [0.05, 0.1) is 35.0 Å². The van der Waals surface area contributed by atoms with Crippen LogP contribution in [-0.2, 0) is 9.59 Å². The van der Waals surface area contributed by atoms with Gasteiger partial charge in [-0.3, -0.25) is 14.5 Å². The number of benzene rings is 3. The summed E-state index contributed by atoms with van der Waals surface area (Å²) >= 11 is 7.36. The zero-order valence-electron chi connectivity index (χ0n) is 21.2. The number of phenolic OH excluding ortho intramolecular Hbond substituents is 1. The number of phenols is 1. The highest BCUT2D eigenvalue weighted by Crippen LogP contribution is 2.46. The number of thiazole rings is 1. The molecule has 1 unspecified atom stereocenters. The van der Waals surface area contributed by atoms with Crippen LogP contribution in [0.3, 0.4) is 0 Å². The predicted molar refractivity (Wildman–Crippen MR) is 151 cm³/mol. The fraction of sp³-hybridized carbons (Fsp3) is 0.207. The summed E-state index contributed by atoms with van der Waals surface area (Å²) in [5, 5.41) is 22.5. The van der Waals surface area contributed by atoms with Gasteiger partial charge < -0.3 is 19.7 Å². The van der Waals surface area contributed by atoms with Gasteiger partial charge in [-0.2, -0.15) is 0 Å². The second-order valence-electron chi connectivity index (χ2n) is 8.81. The van der Waals surface area contributed by atoms with Crippen molar-refractivity contribution in [1.82, 2.24) is 4.98 Å². The van der Waals surface area contributed by atoms with Crippen molar-refractivity contribution < 1.29 is 29.3 Å². The second-order valence-corrected chi connectivity index (χ2v) is 10.3. The van der Waals surface area contributed by atoms with Gasteiger partial charge in [0.25, 0.3) is 5.78 Å². The Hall–Kier alpha value is -4.08. The molecular weight excluding hydrogens is 540 g/mol. The Morgan fingerprint density at radius 2 is 1.82 bits per heavy atom. The van der Waals surface area contributed by atoms with Gasteiger partial charge in [-0.1, -0.05) is 35.9 Å². The molecule has 1 saturated heterocycles. The fourth-order valence-electron chi connectivity index (χ4n) is 4.39. The van der Waals surface area contributed by atoms with Gasteiger partial charge in [-0.15, -0.1) is 0 Å². The molecule has 0 spiro atoms. The number of hydrogen-bond acceptors (Lipinski definition) is 8.